The van der Waals surface area contributed by atoms with E-state index in [1.807, 2.05) is 37.3 Å². The number of hydrogen-bond acceptors (Lipinski definition) is 6. The molecule has 0 saturated carbocycles. The summed E-state index contributed by atoms with van der Waals surface area (Å²) in [6.07, 6.45) is 1.41. The fourth-order valence-electron chi connectivity index (χ4n) is 4.13. The lowest BCUT2D eigenvalue weighted by molar-refractivity contribution is 0.0989. The molecule has 2 N–H and O–H groups in total. The van der Waals surface area contributed by atoms with Crippen molar-refractivity contribution in [3.8, 4) is 11.5 Å². The molecule has 2 amide bonds. The molecule has 3 aromatic carbocycles. The number of para-hydroxylation sites is 1. The second-order valence-electron chi connectivity index (χ2n) is 9.04. The van der Waals surface area contributed by atoms with Crippen LogP contribution >= 0.6 is 22.9 Å². The van der Waals surface area contributed by atoms with Gasteiger partial charge in [0.15, 0.2) is 4.96 Å². The Bertz CT molecular complexity index is 1770. The number of rotatable bonds is 8. The standard InChI is InChI=1S/C30H25ClN4O4S/c1-3-7-21-17-25(36)35-26(28(37)34-24-15-10-19(31)16-18(24)2)27(40-30(35)33-21)29(38)32-20-11-13-23(14-12-20)39-22-8-5-4-6-9-22/h4-6,8-17H,3,7H2,1-2H3,(H,32,38)(H,34,37). The number of thiazole rings is 1. The molecule has 0 fully saturated rings. The molecule has 0 spiro atoms. The first-order valence-corrected chi connectivity index (χ1v) is 13.8. The first kappa shape index (κ1) is 27.1. The Morgan fingerprint density at radius 2 is 1.68 bits per heavy atom. The van der Waals surface area contributed by atoms with Gasteiger partial charge < -0.3 is 15.4 Å². The van der Waals surface area contributed by atoms with E-state index in [1.54, 1.807) is 49.4 Å². The number of ether oxygens (including phenoxy) is 1. The van der Waals surface area contributed by atoms with Crippen LogP contribution in [0.5, 0.6) is 11.5 Å². The summed E-state index contributed by atoms with van der Waals surface area (Å²) in [6, 6.07) is 22.6. The van der Waals surface area contributed by atoms with Gasteiger partial charge in [0, 0.05) is 28.2 Å². The van der Waals surface area contributed by atoms with E-state index in [0.717, 1.165) is 23.3 Å². The molecule has 5 aromatic rings. The Hall–Kier alpha value is -4.47. The third-order valence-electron chi connectivity index (χ3n) is 6.03. The minimum absolute atomic E-state index is 0.0620. The Morgan fingerprint density at radius 3 is 2.38 bits per heavy atom. The molecule has 2 heterocycles. The van der Waals surface area contributed by atoms with Crippen LogP contribution in [-0.2, 0) is 6.42 Å². The highest BCUT2D eigenvalue weighted by molar-refractivity contribution is 7.19. The average molecular weight is 573 g/mol. The van der Waals surface area contributed by atoms with Crippen molar-refractivity contribution >= 4 is 51.1 Å². The molecule has 0 aliphatic heterocycles. The number of carbonyl (C=O) groups excluding carboxylic acids is 2. The summed E-state index contributed by atoms with van der Waals surface area (Å²) in [5, 5.41) is 6.16. The molecule has 8 nitrogen and oxygen atoms in total. The van der Waals surface area contributed by atoms with E-state index in [0.29, 0.717) is 40.0 Å². The van der Waals surface area contributed by atoms with Crippen LogP contribution in [0.25, 0.3) is 4.96 Å². The van der Waals surface area contributed by atoms with Gasteiger partial charge in [-0.1, -0.05) is 54.5 Å². The number of amides is 2. The van der Waals surface area contributed by atoms with Gasteiger partial charge >= 0.3 is 0 Å². The van der Waals surface area contributed by atoms with Gasteiger partial charge in [0.1, 0.15) is 22.1 Å². The van der Waals surface area contributed by atoms with Crippen LogP contribution in [0.4, 0.5) is 11.4 Å². The molecule has 0 unspecified atom stereocenters. The quantitative estimate of drug-likeness (QED) is 0.209. The second-order valence-corrected chi connectivity index (χ2v) is 10.5. The van der Waals surface area contributed by atoms with Crippen molar-refractivity contribution in [3.63, 3.8) is 0 Å². The number of fused-ring (bicyclic) bond motifs is 1. The Labute approximate surface area is 239 Å². The lowest BCUT2D eigenvalue weighted by Crippen LogP contribution is -2.25. The van der Waals surface area contributed by atoms with Crippen molar-refractivity contribution in [2.75, 3.05) is 10.6 Å². The molecule has 2 aromatic heterocycles. The largest absolute Gasteiger partial charge is 0.457 e. The lowest BCUT2D eigenvalue weighted by atomic mass is 10.2. The third kappa shape index (κ3) is 5.90. The summed E-state index contributed by atoms with van der Waals surface area (Å²) >= 11 is 7.05. The van der Waals surface area contributed by atoms with Crippen molar-refractivity contribution in [1.82, 2.24) is 9.38 Å². The average Bonchev–Trinajstić information content (AvgIpc) is 3.33. The molecule has 10 heteroatoms. The first-order chi connectivity index (χ1) is 19.3. The molecule has 0 radical (unpaired) electrons. The number of aromatic nitrogens is 2. The molecule has 0 atom stereocenters. The van der Waals surface area contributed by atoms with Crippen LogP contribution in [-0.4, -0.2) is 21.2 Å². The smallest absolute Gasteiger partial charge is 0.274 e. The molecule has 0 aliphatic carbocycles. The SMILES string of the molecule is CCCc1cc(=O)n2c(C(=O)Nc3ccc(Cl)cc3C)c(C(=O)Nc3ccc(Oc4ccccc4)cc3)sc2n1. The van der Waals surface area contributed by atoms with Crippen LogP contribution < -0.4 is 20.9 Å². The van der Waals surface area contributed by atoms with E-state index in [9.17, 15) is 14.4 Å². The molecule has 0 aliphatic rings. The van der Waals surface area contributed by atoms with Gasteiger partial charge in [0.25, 0.3) is 17.4 Å². The third-order valence-corrected chi connectivity index (χ3v) is 7.30. The maximum Gasteiger partial charge on any atom is 0.274 e. The van der Waals surface area contributed by atoms with Crippen LogP contribution in [0.3, 0.4) is 0 Å². The van der Waals surface area contributed by atoms with Gasteiger partial charge in [-0.05, 0) is 73.5 Å². The van der Waals surface area contributed by atoms with Crippen LogP contribution in [0, 0.1) is 6.92 Å². The fraction of sp³-hybridized carbons (Fsp3) is 0.133. The maximum absolute atomic E-state index is 13.6. The zero-order chi connectivity index (χ0) is 28.2. The molecule has 0 bridgehead atoms. The summed E-state index contributed by atoms with van der Waals surface area (Å²) in [6.45, 7) is 3.79. The minimum atomic E-state index is -0.611. The van der Waals surface area contributed by atoms with E-state index in [-0.39, 0.29) is 15.5 Å². The predicted molar refractivity (Wildman–Crippen MR) is 158 cm³/mol. The lowest BCUT2D eigenvalue weighted by Gasteiger charge is -2.11. The van der Waals surface area contributed by atoms with E-state index >= 15 is 0 Å². The van der Waals surface area contributed by atoms with Gasteiger partial charge in [0.05, 0.1) is 0 Å². The summed E-state index contributed by atoms with van der Waals surface area (Å²) in [5.74, 6) is 0.141. The maximum atomic E-state index is 13.6. The molecule has 5 rings (SSSR count). The zero-order valence-corrected chi connectivity index (χ0v) is 23.3. The van der Waals surface area contributed by atoms with Gasteiger partial charge in [-0.3, -0.25) is 14.4 Å². The van der Waals surface area contributed by atoms with Gasteiger partial charge in [-0.2, -0.15) is 0 Å². The number of aryl methyl sites for hydroxylation is 2. The summed E-state index contributed by atoms with van der Waals surface area (Å²) < 4.78 is 7.00. The minimum Gasteiger partial charge on any atom is -0.457 e. The highest BCUT2D eigenvalue weighted by Gasteiger charge is 2.27. The number of halogens is 1. The van der Waals surface area contributed by atoms with Gasteiger partial charge in [-0.25, -0.2) is 9.38 Å². The topological polar surface area (TPSA) is 102 Å². The van der Waals surface area contributed by atoms with Crippen molar-refractivity contribution < 1.29 is 14.3 Å². The molecule has 40 heavy (non-hydrogen) atoms. The number of nitrogens with zero attached hydrogens (tertiary/aromatic N) is 2. The highest BCUT2D eigenvalue weighted by Crippen LogP contribution is 2.27. The van der Waals surface area contributed by atoms with Crippen LogP contribution in [0.1, 0.15) is 44.8 Å². The van der Waals surface area contributed by atoms with Gasteiger partial charge in [-0.15, -0.1) is 0 Å². The number of carbonyl (C=O) groups is 2. The second kappa shape index (κ2) is 11.7. The summed E-state index contributed by atoms with van der Waals surface area (Å²) in [4.78, 5) is 45.1. The molecule has 202 valence electrons. The number of benzene rings is 3. The van der Waals surface area contributed by atoms with Gasteiger partial charge in [0.2, 0.25) is 0 Å². The van der Waals surface area contributed by atoms with Crippen molar-refractivity contribution in [1.29, 1.82) is 0 Å². The Kier molecular flexibility index (Phi) is 7.95. The molecular weight excluding hydrogens is 548 g/mol. The number of nitrogens with one attached hydrogen (secondary N) is 2. The molecular formula is C30H25ClN4O4S. The van der Waals surface area contributed by atoms with Crippen molar-refractivity contribution in [3.05, 3.63) is 116 Å². The van der Waals surface area contributed by atoms with E-state index in [2.05, 4.69) is 15.6 Å². The normalized spacial score (nSPS) is 10.9. The summed E-state index contributed by atoms with van der Waals surface area (Å²) in [7, 11) is 0. The Morgan fingerprint density at radius 1 is 0.950 bits per heavy atom. The van der Waals surface area contributed by atoms with Crippen LogP contribution in [0.15, 0.2) is 83.7 Å². The monoisotopic (exact) mass is 572 g/mol. The van der Waals surface area contributed by atoms with E-state index in [1.165, 1.54) is 10.5 Å². The van der Waals surface area contributed by atoms with Crippen molar-refractivity contribution in [2.45, 2.75) is 26.7 Å². The molecule has 0 saturated heterocycles. The van der Waals surface area contributed by atoms with Crippen molar-refractivity contribution in [2.24, 2.45) is 0 Å². The van der Waals surface area contributed by atoms with E-state index in [4.69, 9.17) is 16.3 Å². The number of anilines is 2. The fourth-order valence-corrected chi connectivity index (χ4v) is 5.40. The number of hydrogen-bond donors (Lipinski definition) is 2. The van der Waals surface area contributed by atoms with E-state index < -0.39 is 17.4 Å². The predicted octanol–water partition coefficient (Wildman–Crippen LogP) is 6.97. The highest BCUT2D eigenvalue weighted by atomic mass is 35.5. The van der Waals surface area contributed by atoms with Crippen LogP contribution in [0.2, 0.25) is 5.02 Å². The first-order valence-electron chi connectivity index (χ1n) is 12.6. The summed E-state index contributed by atoms with van der Waals surface area (Å²) in [5.41, 5.74) is 1.84. The zero-order valence-electron chi connectivity index (χ0n) is 21.7. The Balaban J connectivity index is 1.48.